The molecule has 1 fully saturated rings. The van der Waals surface area contributed by atoms with Gasteiger partial charge in [-0.05, 0) is 12.8 Å². The minimum atomic E-state index is 0. The fourth-order valence-corrected chi connectivity index (χ4v) is 1.32. The summed E-state index contributed by atoms with van der Waals surface area (Å²) in [4.78, 5) is 0. The van der Waals surface area contributed by atoms with Crippen molar-refractivity contribution < 1.29 is 37.4 Å². The zero-order valence-electron chi connectivity index (χ0n) is 6.91. The summed E-state index contributed by atoms with van der Waals surface area (Å²) in [6, 6.07) is 0. The minimum absolute atomic E-state index is 0. The second-order valence-corrected chi connectivity index (χ2v) is 3.81. The van der Waals surface area contributed by atoms with Gasteiger partial charge in [-0.1, -0.05) is 12.2 Å². The zero-order valence-corrected chi connectivity index (χ0v) is 11.4. The first-order valence-corrected chi connectivity index (χ1v) is 5.04. The summed E-state index contributed by atoms with van der Waals surface area (Å²) in [5.41, 5.74) is 0. The average Bonchev–Trinajstić information content (AvgIpc) is 2.52. The summed E-state index contributed by atoms with van der Waals surface area (Å²) >= 11 is 6.25. The first kappa shape index (κ1) is 13.3. The van der Waals surface area contributed by atoms with Gasteiger partial charge in [-0.15, -0.1) is 0 Å². The molecule has 1 unspecified atom stereocenters. The topological polar surface area (TPSA) is 21.3 Å². The molecule has 1 heterocycles. The van der Waals surface area contributed by atoms with E-state index in [4.69, 9.17) is 17.0 Å². The van der Waals surface area contributed by atoms with Gasteiger partial charge in [-0.3, -0.25) is 18.0 Å². The van der Waals surface area contributed by atoms with E-state index >= 15 is 0 Å². The van der Waals surface area contributed by atoms with Crippen LogP contribution in [-0.2, 0) is 37.4 Å². The molecule has 0 radical (unpaired) electrons. The molecule has 0 bridgehead atoms. The van der Waals surface area contributed by atoms with Crippen molar-refractivity contribution in [3.8, 4) is 0 Å². The zero-order chi connectivity index (χ0) is 8.10. The first-order valence-electron chi connectivity index (χ1n) is 3.64. The Kier molecular flexibility index (Phi) is 8.52. The third kappa shape index (κ3) is 5.12. The number of thiocarbonyl (C=S) groups is 1. The van der Waals surface area contributed by atoms with E-state index in [-0.39, 0.29) is 32.7 Å². The quantitative estimate of drug-likeness (QED) is 0.611. The van der Waals surface area contributed by atoms with Crippen LogP contribution in [-0.4, -0.2) is 23.6 Å². The van der Waals surface area contributed by atoms with Crippen molar-refractivity contribution in [3.05, 3.63) is 6.26 Å². The molecule has 0 aromatic rings. The maximum atomic E-state index is 5.40. The summed E-state index contributed by atoms with van der Waals surface area (Å²) in [6.07, 6.45) is 6.29. The Morgan fingerprint density at radius 1 is 1.75 bits per heavy atom. The van der Waals surface area contributed by atoms with Gasteiger partial charge in [-0.2, -0.15) is 0 Å². The standard InChI is InChI=1S/C7H12NOS2.Y/c1-11-7(10)8-5-6-3-2-4-9-6;/h6H,1-5H2,(H,8,10);/q-1;+3. The van der Waals surface area contributed by atoms with Crippen LogP contribution in [0, 0.1) is 6.26 Å². The van der Waals surface area contributed by atoms with Gasteiger partial charge in [0.2, 0.25) is 0 Å². The van der Waals surface area contributed by atoms with Gasteiger partial charge in [0.05, 0.1) is 6.10 Å². The Hall–Kier alpha value is 1.30. The molecule has 0 saturated carbocycles. The Bertz CT molecular complexity index is 139. The number of ether oxygens (including phenoxy) is 1. The Morgan fingerprint density at radius 2 is 2.50 bits per heavy atom. The number of rotatable bonds is 2. The molecule has 2 nitrogen and oxygen atoms in total. The summed E-state index contributed by atoms with van der Waals surface area (Å²) in [7, 11) is 0. The van der Waals surface area contributed by atoms with Gasteiger partial charge in [0.25, 0.3) is 0 Å². The van der Waals surface area contributed by atoms with E-state index in [1.807, 2.05) is 0 Å². The number of nitrogens with one attached hydrogen (secondary N) is 1. The van der Waals surface area contributed by atoms with Crippen molar-refractivity contribution >= 4 is 28.3 Å². The molecule has 64 valence electrons. The van der Waals surface area contributed by atoms with Crippen molar-refractivity contribution in [3.63, 3.8) is 0 Å². The molecule has 0 aromatic heterocycles. The normalized spacial score (nSPS) is 21.6. The van der Waals surface area contributed by atoms with Crippen LogP contribution in [0.1, 0.15) is 12.8 Å². The minimum Gasteiger partial charge on any atom is -0.376 e. The molecule has 1 N–H and O–H groups in total. The summed E-state index contributed by atoms with van der Waals surface area (Å²) in [6.45, 7) is 1.73. The van der Waals surface area contributed by atoms with Crippen LogP contribution in [0.15, 0.2) is 0 Å². The molecule has 1 atom stereocenters. The van der Waals surface area contributed by atoms with Crippen LogP contribution in [0.5, 0.6) is 0 Å². The number of thioether (sulfide) groups is 1. The molecule has 0 amide bonds. The van der Waals surface area contributed by atoms with E-state index in [0.717, 1.165) is 23.9 Å². The van der Waals surface area contributed by atoms with Crippen LogP contribution in [0.25, 0.3) is 0 Å². The third-order valence-corrected chi connectivity index (χ3v) is 2.53. The first-order chi connectivity index (χ1) is 5.33. The fourth-order valence-electron chi connectivity index (χ4n) is 1.05. The number of hydrogen-bond acceptors (Lipinski definition) is 3. The van der Waals surface area contributed by atoms with E-state index in [1.54, 1.807) is 0 Å². The van der Waals surface area contributed by atoms with Crippen molar-refractivity contribution in [2.75, 3.05) is 13.2 Å². The molecule has 1 rings (SSSR count). The molecule has 12 heavy (non-hydrogen) atoms. The van der Waals surface area contributed by atoms with Gasteiger partial charge >= 0.3 is 32.7 Å². The number of hydrogen-bond donors (Lipinski definition) is 1. The van der Waals surface area contributed by atoms with E-state index in [2.05, 4.69) is 11.6 Å². The van der Waals surface area contributed by atoms with Gasteiger partial charge in [0.1, 0.15) is 4.32 Å². The van der Waals surface area contributed by atoms with E-state index in [1.165, 1.54) is 18.2 Å². The monoisotopic (exact) mass is 279 g/mol. The van der Waals surface area contributed by atoms with Crippen LogP contribution in [0.2, 0.25) is 0 Å². The van der Waals surface area contributed by atoms with Crippen molar-refractivity contribution in [1.82, 2.24) is 5.32 Å². The Morgan fingerprint density at radius 3 is 3.00 bits per heavy atom. The second-order valence-electron chi connectivity index (χ2n) is 2.45. The predicted molar refractivity (Wildman–Crippen MR) is 52.5 cm³/mol. The van der Waals surface area contributed by atoms with Crippen LogP contribution >= 0.6 is 24.0 Å². The molecule has 0 aromatic carbocycles. The molecule has 5 heteroatoms. The molecular formula is C7H12NOS2Y+2. The summed E-state index contributed by atoms with van der Waals surface area (Å²) < 4.78 is 6.15. The summed E-state index contributed by atoms with van der Waals surface area (Å²) in [5.74, 6) is 0. The maximum absolute atomic E-state index is 5.40. The molecule has 0 aliphatic carbocycles. The van der Waals surface area contributed by atoms with Gasteiger partial charge in [0, 0.05) is 13.2 Å². The van der Waals surface area contributed by atoms with E-state index < -0.39 is 0 Å². The van der Waals surface area contributed by atoms with Crippen LogP contribution in [0.3, 0.4) is 0 Å². The van der Waals surface area contributed by atoms with Crippen molar-refractivity contribution in [2.24, 2.45) is 0 Å². The predicted octanol–water partition coefficient (Wildman–Crippen LogP) is 1.56. The van der Waals surface area contributed by atoms with E-state index in [9.17, 15) is 0 Å². The molecule has 1 aliphatic heterocycles. The average molecular weight is 279 g/mol. The third-order valence-electron chi connectivity index (χ3n) is 1.63. The largest absolute Gasteiger partial charge is 3.00 e. The SMILES string of the molecule is [CH2-]SC(=S)NCC1CCCO1.[Y+3]. The second kappa shape index (κ2) is 7.68. The smallest absolute Gasteiger partial charge is 0.376 e. The van der Waals surface area contributed by atoms with Gasteiger partial charge in [0.15, 0.2) is 0 Å². The van der Waals surface area contributed by atoms with Crippen LogP contribution < -0.4 is 5.32 Å². The van der Waals surface area contributed by atoms with Gasteiger partial charge < -0.3 is 10.1 Å². The molecular weight excluding hydrogens is 267 g/mol. The molecule has 1 aliphatic rings. The van der Waals surface area contributed by atoms with Crippen LogP contribution in [0.4, 0.5) is 0 Å². The fraction of sp³-hybridized carbons (Fsp3) is 0.714. The Balaban J connectivity index is 0.00000121. The Labute approximate surface area is 108 Å². The summed E-state index contributed by atoms with van der Waals surface area (Å²) in [5, 5.41) is 3.08. The molecule has 1 saturated heterocycles. The molecule has 0 spiro atoms. The maximum Gasteiger partial charge on any atom is 3.00 e. The van der Waals surface area contributed by atoms with E-state index in [0.29, 0.717) is 6.10 Å². The van der Waals surface area contributed by atoms with Gasteiger partial charge in [-0.25, -0.2) is 0 Å². The van der Waals surface area contributed by atoms with Crippen molar-refractivity contribution in [2.45, 2.75) is 18.9 Å². The van der Waals surface area contributed by atoms with Crippen molar-refractivity contribution in [1.29, 1.82) is 0 Å².